The Hall–Kier alpha value is -3.88. The molecule has 4 heterocycles. The Morgan fingerprint density at radius 3 is 2.51 bits per heavy atom. The van der Waals surface area contributed by atoms with Gasteiger partial charge in [0, 0.05) is 29.3 Å². The zero-order valence-corrected chi connectivity index (χ0v) is 21.1. The van der Waals surface area contributed by atoms with Crippen molar-refractivity contribution in [3.8, 4) is 23.6 Å². The lowest BCUT2D eigenvalue weighted by molar-refractivity contribution is 0.551. The quantitative estimate of drug-likeness (QED) is 0.262. The molecule has 0 saturated heterocycles. The van der Waals surface area contributed by atoms with Crippen molar-refractivity contribution in [1.82, 2.24) is 29.5 Å². The van der Waals surface area contributed by atoms with Crippen LogP contribution in [-0.2, 0) is 19.6 Å². The fourth-order valence-corrected chi connectivity index (χ4v) is 4.55. The van der Waals surface area contributed by atoms with Gasteiger partial charge in [-0.05, 0) is 64.6 Å². The molecule has 8 nitrogen and oxygen atoms in total. The number of nitrogens with two attached hydrogens (primary N) is 1. The lowest BCUT2D eigenvalue weighted by Gasteiger charge is -2.30. The third-order valence-electron chi connectivity index (χ3n) is 6.08. The minimum atomic E-state index is -1.16. The van der Waals surface area contributed by atoms with Gasteiger partial charge in [0.25, 0.3) is 5.56 Å². The number of hydrogen-bond donors (Lipinski definition) is 1. The van der Waals surface area contributed by atoms with Crippen LogP contribution in [0.1, 0.15) is 22.6 Å². The lowest BCUT2D eigenvalue weighted by atomic mass is 9.84. The van der Waals surface area contributed by atoms with E-state index in [1.54, 1.807) is 35.6 Å². The van der Waals surface area contributed by atoms with E-state index in [0.717, 1.165) is 9.13 Å². The first-order valence-corrected chi connectivity index (χ1v) is 11.8. The fourth-order valence-electron chi connectivity index (χ4n) is 4.19. The molecule has 9 heteroatoms. The normalized spacial score (nSPS) is 12.9. The number of hydrogen-bond acceptors (Lipinski definition) is 6. The molecule has 0 aliphatic heterocycles. The SMILES string of the molecule is C#Cc1cccc(-c2cc(=O)n(C)c3ccc([C@](N)(c4ccc(I)cc4)c4cnnn4C)nc23)n1. The summed E-state index contributed by atoms with van der Waals surface area (Å²) in [5.74, 6) is 2.55. The number of rotatable bonds is 4. The Bertz CT molecular complexity index is 1680. The van der Waals surface area contributed by atoms with Crippen LogP contribution in [0.15, 0.2) is 71.7 Å². The molecular formula is C26H20IN7O. The van der Waals surface area contributed by atoms with E-state index in [1.165, 1.54) is 6.07 Å². The summed E-state index contributed by atoms with van der Waals surface area (Å²) in [5.41, 5.74) is 10.8. The zero-order chi connectivity index (χ0) is 24.7. The van der Waals surface area contributed by atoms with Gasteiger partial charge in [-0.2, -0.15) is 0 Å². The number of halogens is 1. The summed E-state index contributed by atoms with van der Waals surface area (Å²) in [7, 11) is 3.50. The summed E-state index contributed by atoms with van der Waals surface area (Å²) in [6.07, 6.45) is 7.21. The largest absolute Gasteiger partial charge is 0.311 e. The lowest BCUT2D eigenvalue weighted by Crippen LogP contribution is -2.42. The molecule has 0 bridgehead atoms. The van der Waals surface area contributed by atoms with Gasteiger partial charge < -0.3 is 10.3 Å². The second-order valence-corrected chi connectivity index (χ2v) is 9.38. The Morgan fingerprint density at radius 1 is 1.06 bits per heavy atom. The molecular weight excluding hydrogens is 553 g/mol. The maximum Gasteiger partial charge on any atom is 0.251 e. The highest BCUT2D eigenvalue weighted by Gasteiger charge is 2.37. The van der Waals surface area contributed by atoms with Crippen LogP contribution in [0.2, 0.25) is 0 Å². The topological polar surface area (TPSA) is 105 Å². The second kappa shape index (κ2) is 8.72. The molecule has 0 fully saturated rings. The fraction of sp³-hybridized carbons (Fsp3) is 0.115. The van der Waals surface area contributed by atoms with Gasteiger partial charge in [0.15, 0.2) is 0 Å². The molecule has 0 radical (unpaired) electrons. The van der Waals surface area contributed by atoms with Gasteiger partial charge in [0.1, 0.15) is 11.2 Å². The van der Waals surface area contributed by atoms with Crippen molar-refractivity contribution < 1.29 is 0 Å². The summed E-state index contributed by atoms with van der Waals surface area (Å²) < 4.78 is 4.28. The maximum absolute atomic E-state index is 12.8. The average molecular weight is 573 g/mol. The monoisotopic (exact) mass is 573 g/mol. The van der Waals surface area contributed by atoms with E-state index in [4.69, 9.17) is 17.1 Å². The van der Waals surface area contributed by atoms with E-state index >= 15 is 0 Å². The third-order valence-corrected chi connectivity index (χ3v) is 6.80. The number of benzene rings is 1. The van der Waals surface area contributed by atoms with E-state index in [-0.39, 0.29) is 5.56 Å². The number of aromatic nitrogens is 6. The van der Waals surface area contributed by atoms with Crippen molar-refractivity contribution in [3.63, 3.8) is 0 Å². The number of fused-ring (bicyclic) bond motifs is 1. The molecule has 4 aromatic heterocycles. The van der Waals surface area contributed by atoms with Crippen molar-refractivity contribution in [2.45, 2.75) is 5.54 Å². The van der Waals surface area contributed by atoms with Crippen LogP contribution < -0.4 is 11.3 Å². The van der Waals surface area contributed by atoms with Gasteiger partial charge in [-0.3, -0.25) is 4.79 Å². The first-order valence-electron chi connectivity index (χ1n) is 10.7. The number of aryl methyl sites for hydroxylation is 2. The highest BCUT2D eigenvalue weighted by molar-refractivity contribution is 14.1. The second-order valence-electron chi connectivity index (χ2n) is 8.13. The van der Waals surface area contributed by atoms with Crippen molar-refractivity contribution in [2.24, 2.45) is 19.8 Å². The van der Waals surface area contributed by atoms with Crippen LogP contribution in [0.4, 0.5) is 0 Å². The van der Waals surface area contributed by atoms with E-state index in [2.05, 4.69) is 43.8 Å². The Labute approximate surface area is 215 Å². The van der Waals surface area contributed by atoms with Crippen molar-refractivity contribution in [1.29, 1.82) is 0 Å². The average Bonchev–Trinajstić information content (AvgIpc) is 3.32. The molecule has 35 heavy (non-hydrogen) atoms. The summed E-state index contributed by atoms with van der Waals surface area (Å²) in [5, 5.41) is 8.16. The van der Waals surface area contributed by atoms with Crippen LogP contribution in [-0.4, -0.2) is 29.5 Å². The molecule has 1 atom stereocenters. The number of nitrogens with zero attached hydrogens (tertiary/aromatic N) is 6. The number of terminal acetylenes is 1. The molecule has 5 aromatic rings. The zero-order valence-electron chi connectivity index (χ0n) is 19.0. The van der Waals surface area contributed by atoms with Gasteiger partial charge in [-0.15, -0.1) is 11.5 Å². The van der Waals surface area contributed by atoms with Gasteiger partial charge in [0.05, 0.1) is 34.3 Å². The van der Waals surface area contributed by atoms with Crippen LogP contribution >= 0.6 is 22.6 Å². The molecule has 0 amide bonds. The van der Waals surface area contributed by atoms with Gasteiger partial charge in [-0.1, -0.05) is 29.3 Å². The summed E-state index contributed by atoms with van der Waals surface area (Å²) in [4.78, 5) is 22.3. The summed E-state index contributed by atoms with van der Waals surface area (Å²) in [6, 6.07) is 18.5. The molecule has 0 unspecified atom stereocenters. The predicted molar refractivity (Wildman–Crippen MR) is 142 cm³/mol. The highest BCUT2D eigenvalue weighted by atomic mass is 127. The molecule has 1 aromatic carbocycles. The smallest absolute Gasteiger partial charge is 0.251 e. The number of pyridine rings is 3. The van der Waals surface area contributed by atoms with Crippen molar-refractivity contribution in [3.05, 3.63) is 103 Å². The third kappa shape index (κ3) is 3.80. The Kier molecular flexibility index (Phi) is 5.70. The predicted octanol–water partition coefficient (Wildman–Crippen LogP) is 2.96. The van der Waals surface area contributed by atoms with Crippen molar-refractivity contribution >= 4 is 33.6 Å². The van der Waals surface area contributed by atoms with Gasteiger partial charge >= 0.3 is 0 Å². The summed E-state index contributed by atoms with van der Waals surface area (Å²) in [6.45, 7) is 0. The van der Waals surface area contributed by atoms with E-state index in [1.807, 2.05) is 48.5 Å². The van der Waals surface area contributed by atoms with Crippen LogP contribution in [0, 0.1) is 15.9 Å². The highest BCUT2D eigenvalue weighted by Crippen LogP contribution is 2.35. The van der Waals surface area contributed by atoms with Crippen LogP contribution in [0.5, 0.6) is 0 Å². The summed E-state index contributed by atoms with van der Waals surface area (Å²) >= 11 is 2.25. The minimum absolute atomic E-state index is 0.178. The minimum Gasteiger partial charge on any atom is -0.311 e. The van der Waals surface area contributed by atoms with Crippen LogP contribution in [0.25, 0.3) is 22.3 Å². The first-order chi connectivity index (χ1) is 16.8. The molecule has 0 aliphatic carbocycles. The Balaban J connectivity index is 1.84. The van der Waals surface area contributed by atoms with E-state index in [0.29, 0.717) is 39.4 Å². The molecule has 0 saturated carbocycles. The molecule has 172 valence electrons. The van der Waals surface area contributed by atoms with E-state index < -0.39 is 5.54 Å². The first kappa shape index (κ1) is 22.9. The molecule has 5 rings (SSSR count). The van der Waals surface area contributed by atoms with Gasteiger partial charge in [0.2, 0.25) is 0 Å². The molecule has 0 aliphatic rings. The Morgan fingerprint density at radius 2 is 1.83 bits per heavy atom. The van der Waals surface area contributed by atoms with Gasteiger partial charge in [-0.25, -0.2) is 14.6 Å². The molecule has 0 spiro atoms. The molecule has 2 N–H and O–H groups in total. The van der Waals surface area contributed by atoms with E-state index in [9.17, 15) is 4.79 Å². The standard InChI is InChI=1S/C26H20IN7O/c1-4-18-6-5-7-20(30-18)19-14-24(35)33(2)21-12-13-22(31-25(19)21)26(28,23-15-29-32-34(23)3)16-8-10-17(27)11-9-16/h1,5-15H,28H2,2-3H3/t26-/m1/s1. The van der Waals surface area contributed by atoms with Crippen molar-refractivity contribution in [2.75, 3.05) is 0 Å². The maximum atomic E-state index is 12.8. The van der Waals surface area contributed by atoms with Crippen LogP contribution in [0.3, 0.4) is 0 Å².